The number of carbonyl (C=O) groups excluding carboxylic acids is 2. The maximum absolute atomic E-state index is 15.2. The fraction of sp³-hybridized carbons (Fsp3) is 0.200. The van der Waals surface area contributed by atoms with E-state index in [1.165, 1.54) is 24.9 Å². The number of nitrogens with one attached hydrogen (secondary N) is 2. The highest BCUT2D eigenvalue weighted by Gasteiger charge is 2.29. The van der Waals surface area contributed by atoms with Gasteiger partial charge in [-0.3, -0.25) is 9.59 Å². The van der Waals surface area contributed by atoms with Crippen LogP contribution in [0.1, 0.15) is 56.1 Å². The SMILES string of the molecule is CCc1ccc(C(=O)c2[nH]cc(C(=O)NC(CSC)c3cccc(Cl)c3)c2-c2c(F)ccc(F)c2C)cc1. The van der Waals surface area contributed by atoms with Crippen LogP contribution in [-0.4, -0.2) is 28.7 Å². The highest BCUT2D eigenvalue weighted by molar-refractivity contribution is 7.98. The van der Waals surface area contributed by atoms with E-state index in [0.717, 1.165) is 29.7 Å². The Morgan fingerprint density at radius 2 is 1.74 bits per heavy atom. The number of thioether (sulfide) groups is 1. The number of aromatic nitrogens is 1. The number of carbonyl (C=O) groups is 2. The molecule has 4 rings (SSSR count). The van der Waals surface area contributed by atoms with E-state index >= 15 is 4.39 Å². The number of amides is 1. The highest BCUT2D eigenvalue weighted by Crippen LogP contribution is 2.35. The topological polar surface area (TPSA) is 62.0 Å². The van der Waals surface area contributed by atoms with E-state index in [1.54, 1.807) is 30.3 Å². The van der Waals surface area contributed by atoms with Crippen molar-refractivity contribution < 1.29 is 18.4 Å². The Kier molecular flexibility index (Phi) is 8.69. The first kappa shape index (κ1) is 27.6. The molecule has 0 radical (unpaired) electrons. The average molecular weight is 553 g/mol. The van der Waals surface area contributed by atoms with E-state index < -0.39 is 29.4 Å². The van der Waals surface area contributed by atoms with Gasteiger partial charge in [0.15, 0.2) is 0 Å². The van der Waals surface area contributed by atoms with Crippen LogP contribution in [-0.2, 0) is 6.42 Å². The molecule has 1 unspecified atom stereocenters. The molecule has 0 fully saturated rings. The van der Waals surface area contributed by atoms with Crippen LogP contribution in [0.3, 0.4) is 0 Å². The van der Waals surface area contributed by atoms with Crippen molar-refractivity contribution in [1.29, 1.82) is 0 Å². The van der Waals surface area contributed by atoms with Gasteiger partial charge in [0, 0.05) is 33.7 Å². The van der Waals surface area contributed by atoms with Gasteiger partial charge in [0.2, 0.25) is 5.78 Å². The summed E-state index contributed by atoms with van der Waals surface area (Å²) in [7, 11) is 0. The zero-order chi connectivity index (χ0) is 27.4. The molecule has 0 saturated heterocycles. The summed E-state index contributed by atoms with van der Waals surface area (Å²) < 4.78 is 29.8. The van der Waals surface area contributed by atoms with Crippen LogP contribution in [0, 0.1) is 18.6 Å². The third-order valence-electron chi connectivity index (χ3n) is 6.46. The Hall–Kier alpha value is -3.42. The molecule has 1 aromatic heterocycles. The summed E-state index contributed by atoms with van der Waals surface area (Å²) in [6.07, 6.45) is 4.10. The number of ketones is 1. The first-order chi connectivity index (χ1) is 18.2. The van der Waals surface area contributed by atoms with Gasteiger partial charge in [-0.1, -0.05) is 54.9 Å². The van der Waals surface area contributed by atoms with Crippen molar-refractivity contribution in [3.05, 3.63) is 117 Å². The molecule has 4 aromatic rings. The standard InChI is InChI=1S/C30H27ClF2N2O2S/c1-4-18-8-10-19(11-9-18)29(36)28-27(26-17(2)23(32)12-13-24(26)33)22(15-34-28)30(37)35-25(16-38-3)20-6-5-7-21(31)14-20/h5-15,25,34H,4,16H2,1-3H3,(H,35,37). The van der Waals surface area contributed by atoms with Crippen molar-refractivity contribution in [3.8, 4) is 11.1 Å². The van der Waals surface area contributed by atoms with E-state index in [0.29, 0.717) is 16.3 Å². The molecular formula is C30H27ClF2N2O2S. The fourth-order valence-electron chi connectivity index (χ4n) is 4.38. The minimum absolute atomic E-state index is 0.00420. The van der Waals surface area contributed by atoms with Crippen molar-refractivity contribution in [2.45, 2.75) is 26.3 Å². The average Bonchev–Trinajstić information content (AvgIpc) is 3.35. The zero-order valence-corrected chi connectivity index (χ0v) is 22.8. The minimum Gasteiger partial charge on any atom is -0.357 e. The molecule has 38 heavy (non-hydrogen) atoms. The lowest BCUT2D eigenvalue weighted by molar-refractivity contribution is 0.0941. The summed E-state index contributed by atoms with van der Waals surface area (Å²) in [5.74, 6) is -1.78. The summed E-state index contributed by atoms with van der Waals surface area (Å²) in [4.78, 5) is 30.1. The molecule has 1 atom stereocenters. The van der Waals surface area contributed by atoms with Gasteiger partial charge in [0.25, 0.3) is 5.91 Å². The molecule has 3 aromatic carbocycles. The van der Waals surface area contributed by atoms with Crippen LogP contribution in [0.4, 0.5) is 8.78 Å². The van der Waals surface area contributed by atoms with Crippen LogP contribution in [0.25, 0.3) is 11.1 Å². The zero-order valence-electron chi connectivity index (χ0n) is 21.2. The predicted octanol–water partition coefficient (Wildman–Crippen LogP) is 7.55. The summed E-state index contributed by atoms with van der Waals surface area (Å²) in [6, 6.07) is 15.9. The molecule has 4 nitrogen and oxygen atoms in total. The molecule has 2 N–H and O–H groups in total. The monoisotopic (exact) mass is 552 g/mol. The van der Waals surface area contributed by atoms with Gasteiger partial charge in [-0.05, 0) is 60.6 Å². The van der Waals surface area contributed by atoms with Gasteiger partial charge in [0.1, 0.15) is 11.6 Å². The second kappa shape index (κ2) is 12.0. The van der Waals surface area contributed by atoms with Gasteiger partial charge < -0.3 is 10.3 Å². The number of H-pyrrole nitrogens is 1. The second-order valence-corrected chi connectivity index (χ2v) is 10.2. The van der Waals surface area contributed by atoms with E-state index in [4.69, 9.17) is 11.6 Å². The molecule has 1 amide bonds. The van der Waals surface area contributed by atoms with E-state index in [2.05, 4.69) is 10.3 Å². The third kappa shape index (κ3) is 5.69. The quantitative estimate of drug-likeness (QED) is 0.211. The van der Waals surface area contributed by atoms with Crippen molar-refractivity contribution in [2.24, 2.45) is 0 Å². The fourth-order valence-corrected chi connectivity index (χ4v) is 5.19. The van der Waals surface area contributed by atoms with Crippen molar-refractivity contribution in [1.82, 2.24) is 10.3 Å². The largest absolute Gasteiger partial charge is 0.357 e. The summed E-state index contributed by atoms with van der Waals surface area (Å²) in [5, 5.41) is 3.51. The van der Waals surface area contributed by atoms with Crippen molar-refractivity contribution in [3.63, 3.8) is 0 Å². The van der Waals surface area contributed by atoms with Crippen LogP contribution >= 0.6 is 23.4 Å². The van der Waals surface area contributed by atoms with Crippen molar-refractivity contribution >= 4 is 35.1 Å². The molecule has 0 aliphatic rings. The number of rotatable bonds is 9. The van der Waals surface area contributed by atoms with E-state index in [-0.39, 0.29) is 27.9 Å². The summed E-state index contributed by atoms with van der Waals surface area (Å²) in [6.45, 7) is 3.43. The number of aromatic amines is 1. The number of hydrogen-bond donors (Lipinski definition) is 2. The number of hydrogen-bond acceptors (Lipinski definition) is 3. The molecule has 0 aliphatic carbocycles. The predicted molar refractivity (Wildman–Crippen MR) is 150 cm³/mol. The molecule has 1 heterocycles. The van der Waals surface area contributed by atoms with E-state index in [9.17, 15) is 14.0 Å². The number of halogens is 3. The van der Waals surface area contributed by atoms with E-state index in [1.807, 2.05) is 31.4 Å². The van der Waals surface area contributed by atoms with Crippen LogP contribution < -0.4 is 5.32 Å². The Morgan fingerprint density at radius 1 is 1.03 bits per heavy atom. The molecule has 196 valence electrons. The van der Waals surface area contributed by atoms with Crippen LogP contribution in [0.15, 0.2) is 66.9 Å². The van der Waals surface area contributed by atoms with Gasteiger partial charge in [0.05, 0.1) is 17.3 Å². The number of aryl methyl sites for hydroxylation is 1. The molecule has 0 aliphatic heterocycles. The highest BCUT2D eigenvalue weighted by atomic mass is 35.5. The van der Waals surface area contributed by atoms with Gasteiger partial charge in [-0.15, -0.1) is 0 Å². The first-order valence-corrected chi connectivity index (χ1v) is 13.9. The Morgan fingerprint density at radius 3 is 2.39 bits per heavy atom. The van der Waals surface area contributed by atoms with Gasteiger partial charge in [-0.2, -0.15) is 11.8 Å². The molecule has 0 spiro atoms. The lowest BCUT2D eigenvalue weighted by Gasteiger charge is -2.19. The normalized spacial score (nSPS) is 11.8. The summed E-state index contributed by atoms with van der Waals surface area (Å²) >= 11 is 7.71. The van der Waals surface area contributed by atoms with Gasteiger partial charge >= 0.3 is 0 Å². The lowest BCUT2D eigenvalue weighted by Crippen LogP contribution is -2.30. The maximum atomic E-state index is 15.2. The Balaban J connectivity index is 1.82. The van der Waals surface area contributed by atoms with Gasteiger partial charge in [-0.25, -0.2) is 8.78 Å². The molecule has 8 heteroatoms. The molecule has 0 bridgehead atoms. The first-order valence-electron chi connectivity index (χ1n) is 12.1. The Labute approximate surface area is 229 Å². The van der Waals surface area contributed by atoms with Crippen LogP contribution in [0.5, 0.6) is 0 Å². The third-order valence-corrected chi connectivity index (χ3v) is 7.37. The maximum Gasteiger partial charge on any atom is 0.253 e. The Bertz CT molecular complexity index is 1480. The molecule has 0 saturated carbocycles. The minimum atomic E-state index is -0.733. The smallest absolute Gasteiger partial charge is 0.253 e. The summed E-state index contributed by atoms with van der Waals surface area (Å²) in [5.41, 5.74) is 2.18. The lowest BCUT2D eigenvalue weighted by atomic mass is 9.92. The van der Waals surface area contributed by atoms with Crippen LogP contribution in [0.2, 0.25) is 5.02 Å². The number of benzene rings is 3. The molecular weight excluding hydrogens is 526 g/mol. The van der Waals surface area contributed by atoms with Crippen molar-refractivity contribution in [2.75, 3.05) is 12.0 Å². The second-order valence-electron chi connectivity index (χ2n) is 8.90.